The van der Waals surface area contributed by atoms with Gasteiger partial charge in [0, 0.05) is 44.2 Å². The molecule has 0 unspecified atom stereocenters. The second-order valence-corrected chi connectivity index (χ2v) is 12.4. The van der Waals surface area contributed by atoms with E-state index in [4.69, 9.17) is 26.1 Å². The molecule has 1 amide bonds. The monoisotopic (exact) mass is 688 g/mol. The highest BCUT2D eigenvalue weighted by molar-refractivity contribution is 6.34. The number of aryl methyl sites for hydroxylation is 1. The molecule has 0 saturated carbocycles. The molecule has 3 aromatic carbocycles. The fraction of sp³-hybridized carbons (Fsp3) is 0.278. The van der Waals surface area contributed by atoms with Gasteiger partial charge in [-0.05, 0) is 73.0 Å². The average Bonchev–Trinajstić information content (AvgIpc) is 3.08. The molecule has 1 aliphatic heterocycles. The summed E-state index contributed by atoms with van der Waals surface area (Å²) >= 11 is 6.82. The molecule has 13 heteroatoms. The minimum Gasteiger partial charge on any atom is -0.497 e. The highest BCUT2D eigenvalue weighted by Crippen LogP contribution is 2.39. The summed E-state index contributed by atoms with van der Waals surface area (Å²) in [7, 11) is 3.23. The first kappa shape index (κ1) is 33.7. The minimum atomic E-state index is -1.11. The molecule has 0 spiro atoms. The van der Waals surface area contributed by atoms with E-state index in [-0.39, 0.29) is 58.7 Å². The highest BCUT2D eigenvalue weighted by atomic mass is 35.5. The Labute approximate surface area is 287 Å². The molecule has 3 heterocycles. The van der Waals surface area contributed by atoms with Crippen LogP contribution in [0.2, 0.25) is 5.02 Å². The third kappa shape index (κ3) is 7.14. The summed E-state index contributed by atoms with van der Waals surface area (Å²) in [6.45, 7) is 5.25. The number of rotatable bonds is 9. The summed E-state index contributed by atoms with van der Waals surface area (Å²) in [5, 5.41) is 9.71. The molecule has 10 nitrogen and oxygen atoms in total. The zero-order valence-electron chi connectivity index (χ0n) is 27.5. The van der Waals surface area contributed by atoms with Crippen LogP contribution in [0.25, 0.3) is 22.2 Å². The number of methoxy groups -OCH3 is 2. The quantitative estimate of drug-likeness (QED) is 0.159. The van der Waals surface area contributed by atoms with Crippen molar-refractivity contribution in [3.05, 3.63) is 100 Å². The number of amides is 1. The van der Waals surface area contributed by atoms with Crippen molar-refractivity contribution in [2.45, 2.75) is 33.0 Å². The Hall–Kier alpha value is -5.23. The molecule has 2 aromatic heterocycles. The van der Waals surface area contributed by atoms with Crippen molar-refractivity contribution in [1.82, 2.24) is 19.9 Å². The molecule has 1 fully saturated rings. The van der Waals surface area contributed by atoms with E-state index >= 15 is 4.39 Å². The van der Waals surface area contributed by atoms with Crippen LogP contribution in [0.5, 0.6) is 11.5 Å². The van der Waals surface area contributed by atoms with Gasteiger partial charge in [0.25, 0.3) is 0 Å². The topological polar surface area (TPSA) is 104 Å². The predicted octanol–water partition coefficient (Wildman–Crippen LogP) is 7.34. The van der Waals surface area contributed by atoms with Gasteiger partial charge in [-0.15, -0.1) is 0 Å². The Kier molecular flexibility index (Phi) is 9.68. The average molecular weight is 689 g/mol. The van der Waals surface area contributed by atoms with Gasteiger partial charge in [-0.25, -0.2) is 14.2 Å². The molecular weight excluding hydrogens is 654 g/mol. The maximum absolute atomic E-state index is 16.6. The second-order valence-electron chi connectivity index (χ2n) is 12.0. The summed E-state index contributed by atoms with van der Waals surface area (Å²) in [5.74, 6) is 1.38. The summed E-state index contributed by atoms with van der Waals surface area (Å²) in [6, 6.07) is 20.3. The molecular formula is C36H35ClF2N6O4. The van der Waals surface area contributed by atoms with E-state index in [1.165, 1.54) is 11.0 Å². The van der Waals surface area contributed by atoms with Gasteiger partial charge in [0.1, 0.15) is 28.7 Å². The van der Waals surface area contributed by atoms with Gasteiger partial charge >= 0.3 is 12.2 Å². The highest BCUT2D eigenvalue weighted by Gasteiger charge is 2.30. The molecule has 0 bridgehead atoms. The first-order valence-corrected chi connectivity index (χ1v) is 16.0. The zero-order valence-corrected chi connectivity index (χ0v) is 28.2. The maximum Gasteiger partial charge on any atom is 0.407 e. The number of pyridine rings is 1. The summed E-state index contributed by atoms with van der Waals surface area (Å²) in [4.78, 5) is 29.4. The second kappa shape index (κ2) is 14.1. The number of halogens is 3. The number of anilines is 2. The maximum atomic E-state index is 16.6. The number of hydrogen-bond acceptors (Lipinski definition) is 8. The van der Waals surface area contributed by atoms with E-state index in [0.29, 0.717) is 18.9 Å². The van der Waals surface area contributed by atoms with Crippen molar-refractivity contribution in [2.75, 3.05) is 43.7 Å². The van der Waals surface area contributed by atoms with Crippen molar-refractivity contribution in [3.63, 3.8) is 0 Å². The van der Waals surface area contributed by atoms with Crippen LogP contribution < -0.4 is 19.3 Å². The lowest BCUT2D eigenvalue weighted by Gasteiger charge is -2.39. The predicted molar refractivity (Wildman–Crippen MR) is 185 cm³/mol. The number of benzene rings is 3. The van der Waals surface area contributed by atoms with Crippen LogP contribution in [0, 0.1) is 18.8 Å². The van der Waals surface area contributed by atoms with Gasteiger partial charge in [-0.3, -0.25) is 0 Å². The smallest absolute Gasteiger partial charge is 0.407 e. The molecule has 0 aliphatic carbocycles. The standard InChI is InChI=1S/C36H35ClF2N6O4/c1-21-15-29(40-30(16-21)44(19-23-5-9-25(48-3)10-6-23)20-24-7-11-26(49-4)12-8-24)31-28(37)17-27-33(32(31)38)41-35(39)42-34(27)45-14-13-43(36(46)47)18-22(45)2/h5-12,15-17,22H,13-14,18-20H2,1-4H3,(H,46,47)/t22-/m0/s1. The summed E-state index contributed by atoms with van der Waals surface area (Å²) < 4.78 is 42.2. The fourth-order valence-electron chi connectivity index (χ4n) is 6.11. The zero-order chi connectivity index (χ0) is 34.8. The van der Waals surface area contributed by atoms with Crippen LogP contribution in [-0.4, -0.2) is 70.9 Å². The Morgan fingerprint density at radius 2 is 1.55 bits per heavy atom. The van der Waals surface area contributed by atoms with Crippen LogP contribution in [0.1, 0.15) is 23.6 Å². The van der Waals surface area contributed by atoms with Crippen LogP contribution in [0.15, 0.2) is 66.7 Å². The van der Waals surface area contributed by atoms with Crippen LogP contribution in [0.4, 0.5) is 25.2 Å². The molecule has 1 aliphatic rings. The summed E-state index contributed by atoms with van der Waals surface area (Å²) in [6.07, 6.45) is -2.15. The van der Waals surface area contributed by atoms with Gasteiger partial charge in [0.05, 0.1) is 30.5 Å². The van der Waals surface area contributed by atoms with Crippen molar-refractivity contribution in [1.29, 1.82) is 0 Å². The largest absolute Gasteiger partial charge is 0.497 e. The number of hydrogen-bond donors (Lipinski definition) is 1. The Balaban J connectivity index is 1.41. The van der Waals surface area contributed by atoms with Crippen molar-refractivity contribution in [3.8, 4) is 22.8 Å². The van der Waals surface area contributed by atoms with E-state index in [0.717, 1.165) is 28.2 Å². The molecule has 49 heavy (non-hydrogen) atoms. The van der Waals surface area contributed by atoms with E-state index in [9.17, 15) is 14.3 Å². The van der Waals surface area contributed by atoms with Crippen molar-refractivity contribution in [2.24, 2.45) is 0 Å². The first-order valence-electron chi connectivity index (χ1n) is 15.6. The number of carbonyl (C=O) groups is 1. The van der Waals surface area contributed by atoms with Crippen LogP contribution >= 0.6 is 11.6 Å². The number of ether oxygens (including phenoxy) is 2. The SMILES string of the molecule is COc1ccc(CN(Cc2ccc(OC)cc2)c2cc(C)cc(-c3c(Cl)cc4c(N5CCN(C(=O)O)C[C@@H]5C)nc(F)nc4c3F)n2)cc1. The molecule has 1 atom stereocenters. The van der Waals surface area contributed by atoms with Gasteiger partial charge < -0.3 is 29.3 Å². The third-order valence-electron chi connectivity index (χ3n) is 8.61. The number of piperazine rings is 1. The Bertz CT molecular complexity index is 1950. The fourth-order valence-corrected chi connectivity index (χ4v) is 6.40. The van der Waals surface area contributed by atoms with Gasteiger partial charge in [0.2, 0.25) is 0 Å². The number of carboxylic acid groups (broad SMARTS) is 1. The molecule has 5 aromatic rings. The van der Waals surface area contributed by atoms with Gasteiger partial charge in [0.15, 0.2) is 5.82 Å². The lowest BCUT2D eigenvalue weighted by Crippen LogP contribution is -2.53. The van der Waals surface area contributed by atoms with Crippen molar-refractivity contribution >= 4 is 40.2 Å². The molecule has 254 valence electrons. The molecule has 1 N–H and O–H groups in total. The van der Waals surface area contributed by atoms with E-state index < -0.39 is 18.0 Å². The Morgan fingerprint density at radius 3 is 2.10 bits per heavy atom. The van der Waals surface area contributed by atoms with Gasteiger partial charge in [-0.2, -0.15) is 14.4 Å². The normalized spacial score (nSPS) is 14.6. The summed E-state index contributed by atoms with van der Waals surface area (Å²) in [5.41, 5.74) is 2.83. The van der Waals surface area contributed by atoms with Crippen LogP contribution in [0.3, 0.4) is 0 Å². The van der Waals surface area contributed by atoms with Crippen LogP contribution in [-0.2, 0) is 13.1 Å². The molecule has 1 saturated heterocycles. The minimum absolute atomic E-state index is 0.0132. The lowest BCUT2D eigenvalue weighted by molar-refractivity contribution is 0.136. The lowest BCUT2D eigenvalue weighted by atomic mass is 10.0. The van der Waals surface area contributed by atoms with E-state index in [2.05, 4.69) is 14.9 Å². The third-order valence-corrected chi connectivity index (χ3v) is 8.90. The van der Waals surface area contributed by atoms with Gasteiger partial charge in [-0.1, -0.05) is 35.9 Å². The van der Waals surface area contributed by atoms with Crippen molar-refractivity contribution < 1.29 is 28.2 Å². The number of fused-ring (bicyclic) bond motifs is 1. The molecule has 0 radical (unpaired) electrons. The number of nitrogens with zero attached hydrogens (tertiary/aromatic N) is 6. The van der Waals surface area contributed by atoms with E-state index in [1.807, 2.05) is 61.5 Å². The Morgan fingerprint density at radius 1 is 0.939 bits per heavy atom. The first-order chi connectivity index (χ1) is 23.5. The number of aromatic nitrogens is 3. The molecule has 6 rings (SSSR count). The van der Waals surface area contributed by atoms with E-state index in [1.54, 1.807) is 32.1 Å².